The Bertz CT molecular complexity index is 651. The van der Waals surface area contributed by atoms with Gasteiger partial charge in [0.05, 0.1) is 0 Å². The highest BCUT2D eigenvalue weighted by Gasteiger charge is 2.37. The second-order valence-electron chi connectivity index (χ2n) is 5.72. The van der Waals surface area contributed by atoms with Gasteiger partial charge in [0.2, 0.25) is 0 Å². The Kier molecular flexibility index (Phi) is 2.47. The lowest BCUT2D eigenvalue weighted by Gasteiger charge is -2.23. The number of hydrogen-bond acceptors (Lipinski definition) is 0. The van der Waals surface area contributed by atoms with E-state index < -0.39 is 0 Å². The molecule has 18 heavy (non-hydrogen) atoms. The Morgan fingerprint density at radius 1 is 1.06 bits per heavy atom. The van der Waals surface area contributed by atoms with Gasteiger partial charge >= 0.3 is 0 Å². The average Bonchev–Trinajstić information content (AvgIpc) is 2.56. The summed E-state index contributed by atoms with van der Waals surface area (Å²) in [4.78, 5) is 0. The van der Waals surface area contributed by atoms with Crippen LogP contribution in [0.15, 0.2) is 34.8 Å². The average molecular weight is 301 g/mol. The van der Waals surface area contributed by atoms with Crippen molar-refractivity contribution in [3.05, 3.63) is 57.1 Å². The fraction of sp³-hybridized carbons (Fsp3) is 0.294. The van der Waals surface area contributed by atoms with Crippen molar-refractivity contribution in [3.8, 4) is 11.1 Å². The van der Waals surface area contributed by atoms with Gasteiger partial charge in [0.1, 0.15) is 0 Å². The van der Waals surface area contributed by atoms with Crippen molar-refractivity contribution >= 4 is 15.9 Å². The second kappa shape index (κ2) is 3.71. The molecule has 0 unspecified atom stereocenters. The molecule has 0 atom stereocenters. The maximum absolute atomic E-state index is 3.77. The summed E-state index contributed by atoms with van der Waals surface area (Å²) in [5.74, 6) is 0. The summed E-state index contributed by atoms with van der Waals surface area (Å²) in [5.41, 5.74) is 8.56. The number of aryl methyl sites for hydroxylation is 1. The standard InChI is InChI=1S/C17H17Br/c1-10-9-14(18)16-15(11(10)2)12-7-5-6-8-13(12)17(16,3)4/h5-9H,1-4H3. The predicted octanol–water partition coefficient (Wildman–Crippen LogP) is 5.37. The summed E-state index contributed by atoms with van der Waals surface area (Å²) >= 11 is 3.77. The van der Waals surface area contributed by atoms with Gasteiger partial charge in [-0.05, 0) is 53.3 Å². The maximum Gasteiger partial charge on any atom is 0.0225 e. The van der Waals surface area contributed by atoms with Gasteiger partial charge in [-0.1, -0.05) is 54.0 Å². The third kappa shape index (κ3) is 1.37. The second-order valence-corrected chi connectivity index (χ2v) is 6.58. The van der Waals surface area contributed by atoms with Crippen molar-refractivity contribution < 1.29 is 0 Å². The molecule has 0 aromatic heterocycles. The van der Waals surface area contributed by atoms with Crippen molar-refractivity contribution in [1.29, 1.82) is 0 Å². The molecule has 1 aliphatic carbocycles. The van der Waals surface area contributed by atoms with Crippen molar-refractivity contribution in [2.24, 2.45) is 0 Å². The summed E-state index contributed by atoms with van der Waals surface area (Å²) in [6.45, 7) is 9.06. The molecule has 0 fully saturated rings. The summed E-state index contributed by atoms with van der Waals surface area (Å²) in [5, 5.41) is 0. The molecular weight excluding hydrogens is 284 g/mol. The minimum Gasteiger partial charge on any atom is -0.0619 e. The lowest BCUT2D eigenvalue weighted by Crippen LogP contribution is -2.15. The first-order chi connectivity index (χ1) is 8.44. The van der Waals surface area contributed by atoms with Crippen LogP contribution in [0.4, 0.5) is 0 Å². The van der Waals surface area contributed by atoms with Crippen LogP contribution in [0.1, 0.15) is 36.1 Å². The Morgan fingerprint density at radius 2 is 1.72 bits per heavy atom. The Hall–Kier alpha value is -1.08. The molecule has 0 aliphatic heterocycles. The van der Waals surface area contributed by atoms with Crippen LogP contribution in [0, 0.1) is 13.8 Å². The van der Waals surface area contributed by atoms with Crippen LogP contribution >= 0.6 is 15.9 Å². The highest BCUT2D eigenvalue weighted by atomic mass is 79.9. The van der Waals surface area contributed by atoms with Crippen LogP contribution in [-0.4, -0.2) is 0 Å². The molecular formula is C17H17Br. The van der Waals surface area contributed by atoms with E-state index in [1.54, 1.807) is 0 Å². The Balaban J connectivity index is 2.50. The summed E-state index contributed by atoms with van der Waals surface area (Å²) < 4.78 is 1.24. The molecule has 0 spiro atoms. The zero-order valence-electron chi connectivity index (χ0n) is 11.3. The fourth-order valence-electron chi connectivity index (χ4n) is 3.20. The van der Waals surface area contributed by atoms with Gasteiger partial charge in [-0.3, -0.25) is 0 Å². The molecule has 0 saturated heterocycles. The molecule has 0 saturated carbocycles. The molecule has 3 rings (SSSR count). The van der Waals surface area contributed by atoms with Crippen LogP contribution < -0.4 is 0 Å². The van der Waals surface area contributed by atoms with Crippen molar-refractivity contribution in [2.45, 2.75) is 33.1 Å². The number of benzene rings is 2. The van der Waals surface area contributed by atoms with Crippen LogP contribution in [0.3, 0.4) is 0 Å². The van der Waals surface area contributed by atoms with Gasteiger partial charge < -0.3 is 0 Å². The fourth-order valence-corrected chi connectivity index (χ4v) is 4.24. The Labute approximate surface area is 117 Å². The number of hydrogen-bond donors (Lipinski definition) is 0. The monoisotopic (exact) mass is 300 g/mol. The summed E-state index contributed by atoms with van der Waals surface area (Å²) in [6.07, 6.45) is 0. The zero-order valence-corrected chi connectivity index (χ0v) is 12.9. The third-order valence-electron chi connectivity index (χ3n) is 4.29. The normalized spacial score (nSPS) is 15.4. The molecule has 0 bridgehead atoms. The molecule has 0 radical (unpaired) electrons. The largest absolute Gasteiger partial charge is 0.0619 e. The SMILES string of the molecule is Cc1cc(Br)c2c(c1C)-c1ccccc1C2(C)C. The lowest BCUT2D eigenvalue weighted by atomic mass is 9.82. The smallest absolute Gasteiger partial charge is 0.0225 e. The summed E-state index contributed by atoms with van der Waals surface area (Å²) in [7, 11) is 0. The number of fused-ring (bicyclic) bond motifs is 3. The zero-order chi connectivity index (χ0) is 13.1. The lowest BCUT2D eigenvalue weighted by molar-refractivity contribution is 0.656. The van der Waals surface area contributed by atoms with Crippen molar-refractivity contribution in [2.75, 3.05) is 0 Å². The van der Waals surface area contributed by atoms with E-state index in [9.17, 15) is 0 Å². The highest BCUT2D eigenvalue weighted by molar-refractivity contribution is 9.10. The molecule has 0 N–H and O–H groups in total. The molecule has 0 nitrogen and oxygen atoms in total. The van der Waals surface area contributed by atoms with Crippen LogP contribution in [0.25, 0.3) is 11.1 Å². The number of halogens is 1. The van der Waals surface area contributed by atoms with E-state index in [1.807, 2.05) is 0 Å². The van der Waals surface area contributed by atoms with Crippen LogP contribution in [-0.2, 0) is 5.41 Å². The first-order valence-corrected chi connectivity index (χ1v) is 7.14. The maximum atomic E-state index is 3.77. The first-order valence-electron chi connectivity index (χ1n) is 6.34. The molecule has 2 aromatic rings. The molecule has 92 valence electrons. The predicted molar refractivity (Wildman–Crippen MR) is 81.2 cm³/mol. The minimum atomic E-state index is 0.0865. The Morgan fingerprint density at radius 3 is 2.44 bits per heavy atom. The first kappa shape index (κ1) is 12.0. The topological polar surface area (TPSA) is 0 Å². The van der Waals surface area contributed by atoms with E-state index in [4.69, 9.17) is 0 Å². The van der Waals surface area contributed by atoms with Gasteiger partial charge in [0, 0.05) is 9.89 Å². The minimum absolute atomic E-state index is 0.0865. The molecule has 0 heterocycles. The van der Waals surface area contributed by atoms with Crippen molar-refractivity contribution in [1.82, 2.24) is 0 Å². The van der Waals surface area contributed by atoms with E-state index in [0.29, 0.717) is 0 Å². The molecule has 1 aliphatic rings. The van der Waals surface area contributed by atoms with Gasteiger partial charge in [-0.25, -0.2) is 0 Å². The van der Waals surface area contributed by atoms with Gasteiger partial charge in [0.15, 0.2) is 0 Å². The van der Waals surface area contributed by atoms with E-state index in [0.717, 1.165) is 0 Å². The van der Waals surface area contributed by atoms with Gasteiger partial charge in [0.25, 0.3) is 0 Å². The molecule has 2 aromatic carbocycles. The van der Waals surface area contributed by atoms with E-state index in [-0.39, 0.29) is 5.41 Å². The quantitative estimate of drug-likeness (QED) is 0.613. The van der Waals surface area contributed by atoms with Gasteiger partial charge in [-0.15, -0.1) is 0 Å². The van der Waals surface area contributed by atoms with Crippen LogP contribution in [0.5, 0.6) is 0 Å². The van der Waals surface area contributed by atoms with E-state index in [1.165, 1.54) is 37.9 Å². The summed E-state index contributed by atoms with van der Waals surface area (Å²) in [6, 6.07) is 11.0. The molecule has 0 amide bonds. The highest BCUT2D eigenvalue weighted by Crippen LogP contribution is 2.52. The van der Waals surface area contributed by atoms with Crippen LogP contribution in [0.2, 0.25) is 0 Å². The molecule has 1 heteroatoms. The number of rotatable bonds is 0. The van der Waals surface area contributed by atoms with E-state index >= 15 is 0 Å². The van der Waals surface area contributed by atoms with Crippen molar-refractivity contribution in [3.63, 3.8) is 0 Å². The van der Waals surface area contributed by atoms with E-state index in [2.05, 4.69) is 74.0 Å². The third-order valence-corrected chi connectivity index (χ3v) is 4.92. The van der Waals surface area contributed by atoms with Gasteiger partial charge in [-0.2, -0.15) is 0 Å².